The minimum absolute atomic E-state index is 0.00491. The molecular weight excluding hydrogens is 335 g/mol. The topological polar surface area (TPSA) is 88.3 Å². The third-order valence-corrected chi connectivity index (χ3v) is 5.89. The maximum atomic E-state index is 14.1. The quantitative estimate of drug-likeness (QED) is 0.827. The van der Waals surface area contributed by atoms with Gasteiger partial charge in [-0.25, -0.2) is 12.8 Å². The molecule has 1 N–H and O–H groups in total. The molecule has 130 valence electrons. The van der Waals surface area contributed by atoms with Gasteiger partial charge in [0.15, 0.2) is 15.7 Å². The Hall–Kier alpha value is -1.84. The summed E-state index contributed by atoms with van der Waals surface area (Å²) in [4.78, 5) is 6.39. The minimum Gasteiger partial charge on any atom is -0.334 e. The Morgan fingerprint density at radius 1 is 1.46 bits per heavy atom. The molecule has 1 saturated heterocycles. The lowest BCUT2D eigenvalue weighted by molar-refractivity contribution is 0.190. The van der Waals surface area contributed by atoms with Crippen molar-refractivity contribution in [2.45, 2.75) is 17.9 Å². The van der Waals surface area contributed by atoms with Crippen molar-refractivity contribution in [1.29, 1.82) is 0 Å². The van der Waals surface area contributed by atoms with Gasteiger partial charge in [-0.05, 0) is 25.2 Å². The third kappa shape index (κ3) is 3.19. The third-order valence-electron chi connectivity index (χ3n) is 4.16. The van der Waals surface area contributed by atoms with Crippen LogP contribution in [0, 0.1) is 5.82 Å². The van der Waals surface area contributed by atoms with Crippen molar-refractivity contribution in [3.8, 4) is 11.5 Å². The van der Waals surface area contributed by atoms with Gasteiger partial charge in [0.2, 0.25) is 0 Å². The fourth-order valence-electron chi connectivity index (χ4n) is 2.60. The lowest BCUT2D eigenvalue weighted by atomic mass is 10.2. The number of likely N-dealkylation sites (N-methyl/N-ethyl adjacent to an activating group) is 1. The molecule has 1 unspecified atom stereocenters. The largest absolute Gasteiger partial charge is 0.334 e. The zero-order valence-electron chi connectivity index (χ0n) is 13.5. The molecule has 2 aromatic rings. The second kappa shape index (κ2) is 6.58. The summed E-state index contributed by atoms with van der Waals surface area (Å²) in [6.07, 6.45) is 0. The van der Waals surface area contributed by atoms with Crippen LogP contribution in [-0.4, -0.2) is 55.9 Å². The normalized spacial score (nSPS) is 19.5. The highest BCUT2D eigenvalue weighted by molar-refractivity contribution is 7.91. The van der Waals surface area contributed by atoms with E-state index in [0.717, 1.165) is 19.2 Å². The van der Waals surface area contributed by atoms with Gasteiger partial charge in [-0.3, -0.25) is 4.90 Å². The Balaban J connectivity index is 1.96. The highest BCUT2D eigenvalue weighted by atomic mass is 32.2. The highest BCUT2D eigenvalue weighted by Crippen LogP contribution is 2.27. The number of sulfone groups is 1. The van der Waals surface area contributed by atoms with Crippen molar-refractivity contribution < 1.29 is 17.3 Å². The van der Waals surface area contributed by atoms with E-state index in [1.807, 2.05) is 7.05 Å². The van der Waals surface area contributed by atoms with E-state index in [9.17, 15) is 12.8 Å². The van der Waals surface area contributed by atoms with Gasteiger partial charge in [-0.2, -0.15) is 4.98 Å². The van der Waals surface area contributed by atoms with Crippen molar-refractivity contribution in [2.75, 3.05) is 32.4 Å². The summed E-state index contributed by atoms with van der Waals surface area (Å²) in [6, 6.07) is 3.53. The molecule has 0 saturated carbocycles. The molecule has 0 aliphatic carbocycles. The maximum absolute atomic E-state index is 14.1. The van der Waals surface area contributed by atoms with Crippen LogP contribution in [0.25, 0.3) is 11.5 Å². The van der Waals surface area contributed by atoms with E-state index in [-0.39, 0.29) is 28.1 Å². The number of aromatic nitrogens is 2. The SMILES string of the molecule is CCS(=O)(=O)c1ccc(F)c(-c2nc(C3CNCCN3C)no2)c1. The Bertz CT molecular complexity index is 837. The van der Waals surface area contributed by atoms with Crippen molar-refractivity contribution in [3.63, 3.8) is 0 Å². The molecule has 9 heteroatoms. The number of hydrogen-bond acceptors (Lipinski definition) is 7. The van der Waals surface area contributed by atoms with E-state index in [0.29, 0.717) is 12.4 Å². The van der Waals surface area contributed by atoms with E-state index in [2.05, 4.69) is 20.4 Å². The number of nitrogens with zero attached hydrogens (tertiary/aromatic N) is 3. The summed E-state index contributed by atoms with van der Waals surface area (Å²) in [5, 5.41) is 7.18. The Morgan fingerprint density at radius 3 is 2.96 bits per heavy atom. The van der Waals surface area contributed by atoms with Gasteiger partial charge in [0.25, 0.3) is 5.89 Å². The van der Waals surface area contributed by atoms with E-state index < -0.39 is 15.7 Å². The zero-order chi connectivity index (χ0) is 17.3. The van der Waals surface area contributed by atoms with Crippen LogP contribution >= 0.6 is 0 Å². The summed E-state index contributed by atoms with van der Waals surface area (Å²) >= 11 is 0. The molecule has 2 heterocycles. The second-order valence-corrected chi connectivity index (χ2v) is 7.98. The van der Waals surface area contributed by atoms with Gasteiger partial charge in [-0.1, -0.05) is 12.1 Å². The first-order valence-corrected chi connectivity index (χ1v) is 9.35. The zero-order valence-corrected chi connectivity index (χ0v) is 14.3. The minimum atomic E-state index is -3.44. The first kappa shape index (κ1) is 17.0. The lowest BCUT2D eigenvalue weighted by Gasteiger charge is -2.30. The van der Waals surface area contributed by atoms with Crippen LogP contribution in [0.5, 0.6) is 0 Å². The predicted molar refractivity (Wildman–Crippen MR) is 85.7 cm³/mol. The molecule has 3 rings (SSSR count). The van der Waals surface area contributed by atoms with E-state index in [1.54, 1.807) is 0 Å². The number of nitrogens with one attached hydrogen (secondary N) is 1. The molecule has 0 radical (unpaired) electrons. The summed E-state index contributed by atoms with van der Waals surface area (Å²) in [6.45, 7) is 3.92. The summed E-state index contributed by atoms with van der Waals surface area (Å²) in [5.41, 5.74) is -0.00491. The van der Waals surface area contributed by atoms with Gasteiger partial charge in [0.05, 0.1) is 22.3 Å². The molecule has 1 aromatic heterocycles. The summed E-state index contributed by atoms with van der Waals surface area (Å²) < 4.78 is 43.3. The fourth-order valence-corrected chi connectivity index (χ4v) is 3.51. The molecule has 1 atom stereocenters. The first-order valence-electron chi connectivity index (χ1n) is 7.69. The van der Waals surface area contributed by atoms with Crippen LogP contribution in [-0.2, 0) is 9.84 Å². The maximum Gasteiger partial charge on any atom is 0.261 e. The summed E-state index contributed by atoms with van der Waals surface area (Å²) in [5.74, 6) is -0.237. The van der Waals surface area contributed by atoms with Crippen LogP contribution < -0.4 is 5.32 Å². The Kier molecular flexibility index (Phi) is 4.66. The smallest absolute Gasteiger partial charge is 0.261 e. The number of piperazine rings is 1. The van der Waals surface area contributed by atoms with Gasteiger partial charge >= 0.3 is 0 Å². The number of halogens is 1. The van der Waals surface area contributed by atoms with Gasteiger partial charge in [0.1, 0.15) is 5.82 Å². The van der Waals surface area contributed by atoms with Crippen LogP contribution in [0.4, 0.5) is 4.39 Å². The van der Waals surface area contributed by atoms with Crippen LogP contribution in [0.1, 0.15) is 18.8 Å². The predicted octanol–water partition coefficient (Wildman–Crippen LogP) is 1.25. The monoisotopic (exact) mass is 354 g/mol. The van der Waals surface area contributed by atoms with Crippen molar-refractivity contribution in [2.24, 2.45) is 0 Å². The average molecular weight is 354 g/mol. The number of hydrogen-bond donors (Lipinski definition) is 1. The average Bonchev–Trinajstić information content (AvgIpc) is 3.05. The second-order valence-electron chi connectivity index (χ2n) is 5.70. The van der Waals surface area contributed by atoms with E-state index in [4.69, 9.17) is 4.52 Å². The number of rotatable bonds is 4. The van der Waals surface area contributed by atoms with E-state index in [1.165, 1.54) is 19.1 Å². The molecule has 1 aliphatic heterocycles. The molecule has 1 fully saturated rings. The Morgan fingerprint density at radius 2 is 2.25 bits per heavy atom. The van der Waals surface area contributed by atoms with Crippen LogP contribution in [0.2, 0.25) is 0 Å². The van der Waals surface area contributed by atoms with Crippen LogP contribution in [0.3, 0.4) is 0 Å². The van der Waals surface area contributed by atoms with Crippen molar-refractivity contribution in [3.05, 3.63) is 29.8 Å². The molecule has 24 heavy (non-hydrogen) atoms. The fraction of sp³-hybridized carbons (Fsp3) is 0.467. The standard InChI is InChI=1S/C15H19FN4O3S/c1-3-24(21,22)10-4-5-12(16)11(8-10)15-18-14(19-23-15)13-9-17-6-7-20(13)2/h4-5,8,13,17H,3,6-7,9H2,1-2H3. The van der Waals surface area contributed by atoms with Gasteiger partial charge < -0.3 is 9.84 Å². The molecule has 1 aliphatic rings. The first-order chi connectivity index (χ1) is 11.4. The van der Waals surface area contributed by atoms with Crippen LogP contribution in [0.15, 0.2) is 27.6 Å². The molecule has 1 aromatic carbocycles. The molecule has 7 nitrogen and oxygen atoms in total. The molecule has 0 spiro atoms. The lowest BCUT2D eigenvalue weighted by Crippen LogP contribution is -2.44. The number of benzene rings is 1. The summed E-state index contributed by atoms with van der Waals surface area (Å²) in [7, 11) is -1.49. The molecular formula is C15H19FN4O3S. The van der Waals surface area contributed by atoms with E-state index >= 15 is 0 Å². The van der Waals surface area contributed by atoms with Gasteiger partial charge in [0, 0.05) is 19.6 Å². The highest BCUT2D eigenvalue weighted by Gasteiger charge is 2.26. The molecule has 0 bridgehead atoms. The van der Waals surface area contributed by atoms with Gasteiger partial charge in [-0.15, -0.1) is 0 Å². The molecule has 0 amide bonds. The Labute approximate surface area is 139 Å². The van der Waals surface area contributed by atoms with Crippen molar-refractivity contribution in [1.82, 2.24) is 20.4 Å². The van der Waals surface area contributed by atoms with Crippen molar-refractivity contribution >= 4 is 9.84 Å².